The van der Waals surface area contributed by atoms with Gasteiger partial charge in [-0.1, -0.05) is 26.8 Å². The Kier molecular flexibility index (Phi) is 6.83. The van der Waals surface area contributed by atoms with Crippen LogP contribution in [0.5, 0.6) is 5.75 Å². The van der Waals surface area contributed by atoms with E-state index in [1.54, 1.807) is 0 Å². The number of nitrogen functional groups attached to an aromatic ring is 1. The van der Waals surface area contributed by atoms with Crippen molar-refractivity contribution in [1.82, 2.24) is 14.5 Å². The molecule has 0 amide bonds. The lowest BCUT2D eigenvalue weighted by Gasteiger charge is -2.21. The van der Waals surface area contributed by atoms with Crippen molar-refractivity contribution in [2.24, 2.45) is 5.92 Å². The van der Waals surface area contributed by atoms with Crippen molar-refractivity contribution in [3.05, 3.63) is 24.0 Å². The summed E-state index contributed by atoms with van der Waals surface area (Å²) in [6.07, 6.45) is 1.22. The smallest absolute Gasteiger partial charge is 0.152 e. The first-order valence-electron chi connectivity index (χ1n) is 10.8. The van der Waals surface area contributed by atoms with Gasteiger partial charge in [0.1, 0.15) is 23.7 Å². The molecular weight excluding hydrogens is 380 g/mol. The van der Waals surface area contributed by atoms with Gasteiger partial charge in [-0.05, 0) is 38.3 Å². The van der Waals surface area contributed by atoms with Gasteiger partial charge in [0.15, 0.2) is 5.82 Å². The highest BCUT2D eigenvalue weighted by molar-refractivity contribution is 6.09. The minimum Gasteiger partial charge on any atom is -0.493 e. The van der Waals surface area contributed by atoms with Crippen LogP contribution in [0.15, 0.2) is 18.2 Å². The predicted molar refractivity (Wildman–Crippen MR) is 121 cm³/mol. The Bertz CT molecular complexity index is 1010. The monoisotopic (exact) mass is 414 g/mol. The number of imidazole rings is 1. The van der Waals surface area contributed by atoms with E-state index in [2.05, 4.69) is 23.4 Å². The van der Waals surface area contributed by atoms with Gasteiger partial charge < -0.3 is 24.9 Å². The number of hydrogen-bond donors (Lipinski definition) is 2. The van der Waals surface area contributed by atoms with Crippen molar-refractivity contribution in [3.8, 4) is 5.75 Å². The molecule has 1 unspecified atom stereocenters. The summed E-state index contributed by atoms with van der Waals surface area (Å²) in [5, 5.41) is 11.2. The molecule has 164 valence electrons. The Morgan fingerprint density at radius 2 is 2.00 bits per heavy atom. The summed E-state index contributed by atoms with van der Waals surface area (Å²) in [6.45, 7) is 12.4. The fraction of sp³-hybridized carbons (Fsp3) is 0.565. The van der Waals surface area contributed by atoms with E-state index in [0.29, 0.717) is 49.9 Å². The van der Waals surface area contributed by atoms with Gasteiger partial charge in [-0.25, -0.2) is 9.97 Å². The lowest BCUT2D eigenvalue weighted by molar-refractivity contribution is 0.0335. The normalized spacial score (nSPS) is 14.0. The molecule has 7 nitrogen and oxygen atoms in total. The molecule has 2 aromatic heterocycles. The number of nitrogens with two attached hydrogens (primary N) is 1. The van der Waals surface area contributed by atoms with Gasteiger partial charge in [-0.2, -0.15) is 0 Å². The van der Waals surface area contributed by atoms with E-state index in [0.717, 1.165) is 34.5 Å². The van der Waals surface area contributed by atoms with Gasteiger partial charge in [0, 0.05) is 19.6 Å². The molecule has 0 bridgehead atoms. The number of pyridine rings is 1. The van der Waals surface area contributed by atoms with Gasteiger partial charge in [0.2, 0.25) is 0 Å². The highest BCUT2D eigenvalue weighted by Gasteiger charge is 2.22. The predicted octanol–water partition coefficient (Wildman–Crippen LogP) is 4.29. The molecule has 3 aromatic rings. The minimum atomic E-state index is -0.743. The Morgan fingerprint density at radius 1 is 1.23 bits per heavy atom. The van der Waals surface area contributed by atoms with Crippen LogP contribution in [-0.4, -0.2) is 38.5 Å². The summed E-state index contributed by atoms with van der Waals surface area (Å²) >= 11 is 0. The van der Waals surface area contributed by atoms with E-state index >= 15 is 0 Å². The van der Waals surface area contributed by atoms with E-state index in [1.165, 1.54) is 0 Å². The van der Waals surface area contributed by atoms with Crippen LogP contribution in [0.25, 0.3) is 21.9 Å². The number of benzene rings is 1. The van der Waals surface area contributed by atoms with Crippen molar-refractivity contribution in [2.45, 2.75) is 66.2 Å². The van der Waals surface area contributed by atoms with Crippen molar-refractivity contribution < 1.29 is 14.6 Å². The summed E-state index contributed by atoms with van der Waals surface area (Å²) in [5.74, 6) is 2.39. The van der Waals surface area contributed by atoms with Crippen LogP contribution >= 0.6 is 0 Å². The average Bonchev–Trinajstić information content (AvgIpc) is 3.04. The molecule has 3 N–H and O–H groups in total. The molecule has 3 rings (SSSR count). The molecule has 1 atom stereocenters. The second kappa shape index (κ2) is 9.18. The molecule has 0 aliphatic rings. The third-order valence-corrected chi connectivity index (χ3v) is 5.41. The maximum atomic E-state index is 10.3. The number of fused-ring (bicyclic) bond motifs is 3. The molecule has 1 aromatic carbocycles. The van der Waals surface area contributed by atoms with Gasteiger partial charge in [0.25, 0.3) is 0 Å². The number of hydrogen-bond acceptors (Lipinski definition) is 6. The van der Waals surface area contributed by atoms with Crippen LogP contribution in [0.2, 0.25) is 0 Å². The molecule has 0 aliphatic carbocycles. The lowest BCUT2D eigenvalue weighted by atomic mass is 10.0. The first-order valence-corrected chi connectivity index (χ1v) is 10.8. The summed E-state index contributed by atoms with van der Waals surface area (Å²) in [4.78, 5) is 9.36. The number of anilines is 1. The van der Waals surface area contributed by atoms with Gasteiger partial charge in [0.05, 0.1) is 28.6 Å². The first-order chi connectivity index (χ1) is 14.3. The van der Waals surface area contributed by atoms with Crippen LogP contribution in [-0.2, 0) is 17.9 Å². The molecular formula is C23H34N4O3. The number of ether oxygens (including phenoxy) is 2. The van der Waals surface area contributed by atoms with Crippen molar-refractivity contribution in [2.75, 3.05) is 18.9 Å². The van der Waals surface area contributed by atoms with E-state index < -0.39 is 5.60 Å². The maximum absolute atomic E-state index is 10.3. The summed E-state index contributed by atoms with van der Waals surface area (Å²) in [7, 11) is 0. The molecule has 0 saturated heterocycles. The summed E-state index contributed by atoms with van der Waals surface area (Å²) in [5.41, 5.74) is 7.92. The van der Waals surface area contributed by atoms with E-state index in [9.17, 15) is 5.11 Å². The third kappa shape index (κ3) is 4.68. The Labute approximate surface area is 178 Å². The first kappa shape index (κ1) is 22.3. The zero-order valence-electron chi connectivity index (χ0n) is 18.7. The van der Waals surface area contributed by atoms with Crippen LogP contribution in [0.4, 0.5) is 5.82 Å². The lowest BCUT2D eigenvalue weighted by Crippen LogP contribution is -2.25. The second-order valence-corrected chi connectivity index (χ2v) is 8.46. The maximum Gasteiger partial charge on any atom is 0.152 e. The zero-order valence-corrected chi connectivity index (χ0v) is 18.7. The van der Waals surface area contributed by atoms with E-state index in [1.807, 2.05) is 39.0 Å². The molecule has 0 fully saturated rings. The van der Waals surface area contributed by atoms with Crippen LogP contribution in [0.1, 0.15) is 53.3 Å². The standard InChI is InChI=1S/C23H34N4O3/c1-6-23(5,28)11-12-30-17-10-8-9-16-19(17)21-20(22(24)25-16)26-18(14-29-7-2)27(21)13-15(3)4/h8-10,15,28H,6-7,11-14H2,1-5H3,(H2,24,25). The fourth-order valence-corrected chi connectivity index (χ4v) is 3.51. The topological polar surface area (TPSA) is 95.4 Å². The molecule has 0 radical (unpaired) electrons. The van der Waals surface area contributed by atoms with Crippen molar-refractivity contribution in [1.29, 1.82) is 0 Å². The second-order valence-electron chi connectivity index (χ2n) is 8.46. The number of rotatable bonds is 10. The number of aromatic nitrogens is 3. The molecule has 2 heterocycles. The highest BCUT2D eigenvalue weighted by Crippen LogP contribution is 2.35. The Balaban J connectivity index is 2.15. The van der Waals surface area contributed by atoms with Gasteiger partial charge >= 0.3 is 0 Å². The fourth-order valence-electron chi connectivity index (χ4n) is 3.51. The number of nitrogens with zero attached hydrogens (tertiary/aromatic N) is 3. The van der Waals surface area contributed by atoms with E-state index in [4.69, 9.17) is 20.2 Å². The zero-order chi connectivity index (χ0) is 21.9. The molecule has 0 saturated carbocycles. The highest BCUT2D eigenvalue weighted by atomic mass is 16.5. The van der Waals surface area contributed by atoms with Crippen LogP contribution in [0.3, 0.4) is 0 Å². The molecule has 7 heteroatoms. The molecule has 0 aliphatic heterocycles. The summed E-state index contributed by atoms with van der Waals surface area (Å²) < 4.78 is 14.0. The molecule has 30 heavy (non-hydrogen) atoms. The van der Waals surface area contributed by atoms with Gasteiger partial charge in [-0.15, -0.1) is 0 Å². The number of aliphatic hydroxyl groups is 1. The van der Waals surface area contributed by atoms with Crippen molar-refractivity contribution in [3.63, 3.8) is 0 Å². The Morgan fingerprint density at radius 3 is 2.67 bits per heavy atom. The van der Waals surface area contributed by atoms with Crippen molar-refractivity contribution >= 4 is 27.8 Å². The average molecular weight is 415 g/mol. The largest absolute Gasteiger partial charge is 0.493 e. The van der Waals surface area contributed by atoms with Crippen LogP contribution in [0, 0.1) is 5.92 Å². The third-order valence-electron chi connectivity index (χ3n) is 5.41. The van der Waals surface area contributed by atoms with E-state index in [-0.39, 0.29) is 0 Å². The minimum absolute atomic E-state index is 0.406. The quantitative estimate of drug-likeness (QED) is 0.514. The summed E-state index contributed by atoms with van der Waals surface area (Å²) in [6, 6.07) is 5.79. The molecule has 0 spiro atoms. The SMILES string of the molecule is CCOCc1nc2c(N)nc3cccc(OCCC(C)(O)CC)c3c2n1CC(C)C. The van der Waals surface area contributed by atoms with Crippen LogP contribution < -0.4 is 10.5 Å². The van der Waals surface area contributed by atoms with Gasteiger partial charge in [-0.3, -0.25) is 0 Å². The Hall–Kier alpha value is -2.38.